The summed E-state index contributed by atoms with van der Waals surface area (Å²) in [5.41, 5.74) is 3.64. The highest BCUT2D eigenvalue weighted by Crippen LogP contribution is 2.16. The second-order valence-electron chi connectivity index (χ2n) is 5.25. The number of rotatable bonds is 3. The SMILES string of the molecule is O=C(NCc1cccc(Br)c1)C1Cc2ccccc2CN1. The molecular weight excluding hydrogens is 328 g/mol. The van der Waals surface area contributed by atoms with E-state index in [1.807, 2.05) is 36.4 Å². The second-order valence-corrected chi connectivity index (χ2v) is 6.17. The fraction of sp³-hybridized carbons (Fsp3) is 0.235. The van der Waals surface area contributed by atoms with Crippen molar-refractivity contribution >= 4 is 21.8 Å². The van der Waals surface area contributed by atoms with E-state index in [0.29, 0.717) is 6.54 Å². The molecule has 2 aromatic rings. The lowest BCUT2D eigenvalue weighted by Gasteiger charge is -2.25. The maximum Gasteiger partial charge on any atom is 0.237 e. The molecule has 1 heterocycles. The van der Waals surface area contributed by atoms with E-state index in [0.717, 1.165) is 23.0 Å². The molecule has 0 aliphatic carbocycles. The van der Waals surface area contributed by atoms with Gasteiger partial charge in [-0.2, -0.15) is 0 Å². The Morgan fingerprint density at radius 2 is 2.00 bits per heavy atom. The molecule has 0 bridgehead atoms. The Morgan fingerprint density at radius 3 is 2.81 bits per heavy atom. The van der Waals surface area contributed by atoms with Crippen LogP contribution in [-0.2, 0) is 24.3 Å². The molecule has 4 heteroatoms. The first kappa shape index (κ1) is 14.3. The zero-order valence-electron chi connectivity index (χ0n) is 11.6. The van der Waals surface area contributed by atoms with Crippen LogP contribution < -0.4 is 10.6 Å². The lowest BCUT2D eigenvalue weighted by molar-refractivity contribution is -0.123. The van der Waals surface area contributed by atoms with Crippen molar-refractivity contribution in [3.63, 3.8) is 0 Å². The summed E-state index contributed by atoms with van der Waals surface area (Å²) >= 11 is 3.44. The third kappa shape index (κ3) is 3.52. The van der Waals surface area contributed by atoms with Crippen molar-refractivity contribution in [2.45, 2.75) is 25.6 Å². The van der Waals surface area contributed by atoms with Gasteiger partial charge in [0.05, 0.1) is 6.04 Å². The minimum atomic E-state index is -0.146. The van der Waals surface area contributed by atoms with Crippen LogP contribution in [0.1, 0.15) is 16.7 Å². The number of benzene rings is 2. The first-order chi connectivity index (χ1) is 10.2. The minimum Gasteiger partial charge on any atom is -0.351 e. The predicted molar refractivity (Wildman–Crippen MR) is 86.8 cm³/mol. The first-order valence-electron chi connectivity index (χ1n) is 7.05. The number of hydrogen-bond donors (Lipinski definition) is 2. The number of hydrogen-bond acceptors (Lipinski definition) is 2. The molecule has 0 spiro atoms. The van der Waals surface area contributed by atoms with E-state index in [1.165, 1.54) is 11.1 Å². The van der Waals surface area contributed by atoms with E-state index >= 15 is 0 Å². The van der Waals surface area contributed by atoms with Crippen LogP contribution in [0.2, 0.25) is 0 Å². The lowest BCUT2D eigenvalue weighted by Crippen LogP contribution is -2.47. The molecule has 0 saturated carbocycles. The molecule has 0 saturated heterocycles. The Kier molecular flexibility index (Phi) is 4.36. The summed E-state index contributed by atoms with van der Waals surface area (Å²) in [7, 11) is 0. The van der Waals surface area contributed by atoms with Gasteiger partial charge in [0, 0.05) is 17.6 Å². The quantitative estimate of drug-likeness (QED) is 0.898. The Labute approximate surface area is 132 Å². The summed E-state index contributed by atoms with van der Waals surface area (Å²) in [6, 6.07) is 16.1. The van der Waals surface area contributed by atoms with Gasteiger partial charge >= 0.3 is 0 Å². The predicted octanol–water partition coefficient (Wildman–Crippen LogP) is 2.78. The number of carbonyl (C=O) groups is 1. The normalized spacial score (nSPS) is 17.1. The van der Waals surface area contributed by atoms with Gasteiger partial charge in [-0.3, -0.25) is 4.79 Å². The second kappa shape index (κ2) is 6.41. The zero-order valence-corrected chi connectivity index (χ0v) is 13.2. The van der Waals surface area contributed by atoms with Gasteiger partial charge in [-0.25, -0.2) is 0 Å². The minimum absolute atomic E-state index is 0.0597. The largest absolute Gasteiger partial charge is 0.351 e. The van der Waals surface area contributed by atoms with Crippen LogP contribution in [0.15, 0.2) is 53.0 Å². The molecule has 0 fully saturated rings. The lowest BCUT2D eigenvalue weighted by atomic mass is 9.95. The van der Waals surface area contributed by atoms with Gasteiger partial charge in [0.15, 0.2) is 0 Å². The first-order valence-corrected chi connectivity index (χ1v) is 7.84. The molecule has 1 aliphatic rings. The fourth-order valence-electron chi connectivity index (χ4n) is 2.60. The van der Waals surface area contributed by atoms with E-state index in [4.69, 9.17) is 0 Å². The molecular formula is C17H17BrN2O. The molecule has 1 atom stereocenters. The van der Waals surface area contributed by atoms with Crippen molar-refractivity contribution in [1.29, 1.82) is 0 Å². The topological polar surface area (TPSA) is 41.1 Å². The molecule has 1 unspecified atom stereocenters. The van der Waals surface area contributed by atoms with Crippen molar-refractivity contribution in [2.24, 2.45) is 0 Å². The molecule has 2 aromatic carbocycles. The van der Waals surface area contributed by atoms with Crippen LogP contribution in [0, 0.1) is 0 Å². The van der Waals surface area contributed by atoms with Crippen LogP contribution >= 0.6 is 15.9 Å². The van der Waals surface area contributed by atoms with Crippen molar-refractivity contribution < 1.29 is 4.79 Å². The summed E-state index contributed by atoms with van der Waals surface area (Å²) < 4.78 is 1.03. The van der Waals surface area contributed by atoms with Gasteiger partial charge in [-0.15, -0.1) is 0 Å². The molecule has 21 heavy (non-hydrogen) atoms. The molecule has 1 aliphatic heterocycles. The van der Waals surface area contributed by atoms with Crippen molar-refractivity contribution in [3.8, 4) is 0 Å². The molecule has 108 valence electrons. The van der Waals surface area contributed by atoms with E-state index in [-0.39, 0.29) is 11.9 Å². The molecule has 0 aromatic heterocycles. The van der Waals surface area contributed by atoms with Crippen molar-refractivity contribution in [3.05, 3.63) is 69.7 Å². The maximum atomic E-state index is 12.3. The Bertz CT molecular complexity index is 657. The van der Waals surface area contributed by atoms with Gasteiger partial charge in [0.2, 0.25) is 5.91 Å². The standard InChI is InChI=1S/C17H17BrN2O/c18-15-7-3-4-12(8-15)10-20-17(21)16-9-13-5-1-2-6-14(13)11-19-16/h1-8,16,19H,9-11H2,(H,20,21). The monoisotopic (exact) mass is 344 g/mol. The van der Waals surface area contributed by atoms with E-state index < -0.39 is 0 Å². The van der Waals surface area contributed by atoms with Crippen LogP contribution in [0.4, 0.5) is 0 Å². The van der Waals surface area contributed by atoms with Crippen LogP contribution in [0.25, 0.3) is 0 Å². The van der Waals surface area contributed by atoms with Gasteiger partial charge in [-0.1, -0.05) is 52.3 Å². The summed E-state index contributed by atoms with van der Waals surface area (Å²) in [4.78, 5) is 12.3. The van der Waals surface area contributed by atoms with Crippen molar-refractivity contribution in [2.75, 3.05) is 0 Å². The van der Waals surface area contributed by atoms with Crippen LogP contribution in [-0.4, -0.2) is 11.9 Å². The molecule has 1 amide bonds. The number of halogens is 1. The van der Waals surface area contributed by atoms with Gasteiger partial charge < -0.3 is 10.6 Å². The molecule has 2 N–H and O–H groups in total. The molecule has 3 nitrogen and oxygen atoms in total. The Hall–Kier alpha value is -1.65. The summed E-state index contributed by atoms with van der Waals surface area (Å²) in [6.45, 7) is 1.31. The highest BCUT2D eigenvalue weighted by atomic mass is 79.9. The van der Waals surface area contributed by atoms with E-state index in [2.05, 4.69) is 38.7 Å². The van der Waals surface area contributed by atoms with Crippen LogP contribution in [0.5, 0.6) is 0 Å². The average molecular weight is 345 g/mol. The smallest absolute Gasteiger partial charge is 0.237 e. The number of carbonyl (C=O) groups excluding carboxylic acids is 1. The number of amides is 1. The van der Waals surface area contributed by atoms with Gasteiger partial charge in [-0.05, 0) is 35.2 Å². The summed E-state index contributed by atoms with van der Waals surface area (Å²) in [6.07, 6.45) is 0.750. The third-order valence-corrected chi connectivity index (χ3v) is 4.25. The van der Waals surface area contributed by atoms with Gasteiger partial charge in [0.1, 0.15) is 0 Å². The third-order valence-electron chi connectivity index (χ3n) is 3.75. The maximum absolute atomic E-state index is 12.3. The van der Waals surface area contributed by atoms with E-state index in [1.54, 1.807) is 0 Å². The number of fused-ring (bicyclic) bond motifs is 1. The Balaban J connectivity index is 1.59. The molecule has 3 rings (SSSR count). The van der Waals surface area contributed by atoms with Crippen molar-refractivity contribution in [1.82, 2.24) is 10.6 Å². The summed E-state index contributed by atoms with van der Waals surface area (Å²) in [5.74, 6) is 0.0597. The average Bonchev–Trinajstić information content (AvgIpc) is 2.52. The number of nitrogens with one attached hydrogen (secondary N) is 2. The van der Waals surface area contributed by atoms with E-state index in [9.17, 15) is 4.79 Å². The highest BCUT2D eigenvalue weighted by Gasteiger charge is 2.23. The molecule has 0 radical (unpaired) electrons. The summed E-state index contributed by atoms with van der Waals surface area (Å²) in [5, 5.41) is 6.31. The fourth-order valence-corrected chi connectivity index (χ4v) is 3.05. The zero-order chi connectivity index (χ0) is 14.7. The highest BCUT2D eigenvalue weighted by molar-refractivity contribution is 9.10. The van der Waals surface area contributed by atoms with Crippen LogP contribution in [0.3, 0.4) is 0 Å². The van der Waals surface area contributed by atoms with Gasteiger partial charge in [0.25, 0.3) is 0 Å². The Morgan fingerprint density at radius 1 is 1.19 bits per heavy atom.